The fourth-order valence-corrected chi connectivity index (χ4v) is 5.30. The van der Waals surface area contributed by atoms with Gasteiger partial charge in [0, 0.05) is 62.5 Å². The number of carbonyl (C=O) groups is 1. The zero-order valence-corrected chi connectivity index (χ0v) is 16.0. The average Bonchev–Trinajstić information content (AvgIpc) is 3.20. The Morgan fingerprint density at radius 2 is 2.00 bits per heavy atom. The van der Waals surface area contributed by atoms with E-state index in [2.05, 4.69) is 49.7 Å². The SMILES string of the molecule is Cn1cncc1[C@@H]1C[C@H]1C(=O)N1CCC[C@@H]2[C@H]1CCN2Cc1ccccc1. The van der Waals surface area contributed by atoms with E-state index >= 15 is 0 Å². The van der Waals surface area contributed by atoms with Crippen molar-refractivity contribution in [2.45, 2.75) is 50.2 Å². The molecule has 0 spiro atoms. The molecule has 1 aliphatic carbocycles. The van der Waals surface area contributed by atoms with Gasteiger partial charge in [-0.1, -0.05) is 30.3 Å². The molecule has 2 aliphatic heterocycles. The predicted octanol–water partition coefficient (Wildman–Crippen LogP) is 2.79. The summed E-state index contributed by atoms with van der Waals surface area (Å²) in [6.45, 7) is 3.04. The summed E-state index contributed by atoms with van der Waals surface area (Å²) in [6, 6.07) is 11.7. The van der Waals surface area contributed by atoms with Crippen molar-refractivity contribution in [2.75, 3.05) is 13.1 Å². The average molecular weight is 364 g/mol. The van der Waals surface area contributed by atoms with E-state index in [9.17, 15) is 4.79 Å². The third-order valence-electron chi connectivity index (χ3n) is 6.78. The van der Waals surface area contributed by atoms with E-state index in [1.54, 1.807) is 0 Å². The van der Waals surface area contributed by atoms with Gasteiger partial charge in [-0.25, -0.2) is 4.98 Å². The molecule has 0 N–H and O–H groups in total. The number of likely N-dealkylation sites (tertiary alicyclic amines) is 2. The first-order chi connectivity index (χ1) is 13.2. The highest BCUT2D eigenvalue weighted by Gasteiger charge is 2.50. The topological polar surface area (TPSA) is 41.4 Å². The number of carbonyl (C=O) groups excluding carboxylic acids is 1. The normalized spacial score (nSPS) is 30.3. The van der Waals surface area contributed by atoms with Crippen molar-refractivity contribution in [3.63, 3.8) is 0 Å². The minimum absolute atomic E-state index is 0.169. The number of hydrogen-bond donors (Lipinski definition) is 0. The molecule has 4 atom stereocenters. The molecule has 0 unspecified atom stereocenters. The van der Waals surface area contributed by atoms with Crippen LogP contribution in [0.25, 0.3) is 0 Å². The Balaban J connectivity index is 1.27. The van der Waals surface area contributed by atoms with Crippen LogP contribution in [-0.2, 0) is 18.4 Å². The lowest BCUT2D eigenvalue weighted by atomic mass is 9.96. The van der Waals surface area contributed by atoms with Gasteiger partial charge in [0.15, 0.2) is 0 Å². The molecular formula is C22H28N4O. The number of aryl methyl sites for hydroxylation is 1. The third kappa shape index (κ3) is 3.08. The molecule has 2 aromatic rings. The van der Waals surface area contributed by atoms with E-state index in [4.69, 9.17) is 0 Å². The fraction of sp³-hybridized carbons (Fsp3) is 0.545. The molecule has 27 heavy (non-hydrogen) atoms. The molecule has 1 amide bonds. The summed E-state index contributed by atoms with van der Waals surface area (Å²) in [5.41, 5.74) is 2.58. The smallest absolute Gasteiger partial charge is 0.226 e. The Kier molecular flexibility index (Phi) is 4.27. The quantitative estimate of drug-likeness (QED) is 0.838. The van der Waals surface area contributed by atoms with Crippen molar-refractivity contribution in [1.29, 1.82) is 0 Å². The molecule has 142 valence electrons. The van der Waals surface area contributed by atoms with Crippen LogP contribution in [0.2, 0.25) is 0 Å². The van der Waals surface area contributed by atoms with Crippen molar-refractivity contribution in [3.05, 3.63) is 54.1 Å². The highest BCUT2D eigenvalue weighted by atomic mass is 16.2. The summed E-state index contributed by atoms with van der Waals surface area (Å²) < 4.78 is 2.06. The van der Waals surface area contributed by atoms with Crippen LogP contribution in [0.4, 0.5) is 0 Å². The number of nitrogens with zero attached hydrogens (tertiary/aromatic N) is 4. The number of fused-ring (bicyclic) bond motifs is 1. The van der Waals surface area contributed by atoms with Crippen LogP contribution in [0.5, 0.6) is 0 Å². The van der Waals surface area contributed by atoms with Crippen LogP contribution in [0.1, 0.15) is 42.9 Å². The zero-order valence-electron chi connectivity index (χ0n) is 16.0. The van der Waals surface area contributed by atoms with Gasteiger partial charge in [-0.05, 0) is 31.2 Å². The second kappa shape index (κ2) is 6.79. The van der Waals surface area contributed by atoms with Crippen LogP contribution in [0.15, 0.2) is 42.9 Å². The standard InChI is InChI=1S/C22H28N4O/c1-24-15-23-13-21(24)17-12-18(17)22(27)26-10-5-8-19-20(26)9-11-25(19)14-16-6-3-2-4-7-16/h2-4,6-7,13,15,17-20H,5,8-12,14H2,1H3/t17-,18-,19-,20-/m1/s1. The molecule has 3 aliphatic rings. The van der Waals surface area contributed by atoms with E-state index in [1.165, 1.54) is 17.7 Å². The van der Waals surface area contributed by atoms with Gasteiger partial charge >= 0.3 is 0 Å². The Hall–Kier alpha value is -2.14. The van der Waals surface area contributed by atoms with Gasteiger partial charge in [-0.3, -0.25) is 9.69 Å². The van der Waals surface area contributed by atoms with Crippen LogP contribution < -0.4 is 0 Å². The van der Waals surface area contributed by atoms with E-state index in [-0.39, 0.29) is 5.92 Å². The van der Waals surface area contributed by atoms with E-state index in [1.807, 2.05) is 19.6 Å². The summed E-state index contributed by atoms with van der Waals surface area (Å²) in [6.07, 6.45) is 8.21. The Labute approximate surface area is 161 Å². The molecule has 3 heterocycles. The number of hydrogen-bond acceptors (Lipinski definition) is 3. The van der Waals surface area contributed by atoms with Gasteiger partial charge in [0.05, 0.1) is 6.33 Å². The first-order valence-electron chi connectivity index (χ1n) is 10.3. The first-order valence-corrected chi connectivity index (χ1v) is 10.3. The monoisotopic (exact) mass is 364 g/mol. The van der Waals surface area contributed by atoms with Crippen LogP contribution >= 0.6 is 0 Å². The molecular weight excluding hydrogens is 336 g/mol. The minimum Gasteiger partial charge on any atom is -0.338 e. The molecule has 1 saturated carbocycles. The highest BCUT2D eigenvalue weighted by molar-refractivity contribution is 5.83. The Morgan fingerprint density at radius 3 is 2.78 bits per heavy atom. The van der Waals surface area contributed by atoms with Crippen LogP contribution in [0.3, 0.4) is 0 Å². The molecule has 5 nitrogen and oxygen atoms in total. The minimum atomic E-state index is 0.169. The van der Waals surface area contributed by atoms with Crippen molar-refractivity contribution >= 4 is 5.91 Å². The van der Waals surface area contributed by atoms with Gasteiger partial charge in [0.25, 0.3) is 0 Å². The van der Waals surface area contributed by atoms with E-state index < -0.39 is 0 Å². The third-order valence-corrected chi connectivity index (χ3v) is 6.78. The number of rotatable bonds is 4. The van der Waals surface area contributed by atoms with Gasteiger partial charge in [0.2, 0.25) is 5.91 Å². The predicted molar refractivity (Wildman–Crippen MR) is 104 cm³/mol. The zero-order chi connectivity index (χ0) is 18.4. The summed E-state index contributed by atoms with van der Waals surface area (Å²) in [7, 11) is 2.03. The summed E-state index contributed by atoms with van der Waals surface area (Å²) >= 11 is 0. The molecule has 2 saturated heterocycles. The van der Waals surface area contributed by atoms with Gasteiger partial charge in [-0.15, -0.1) is 0 Å². The van der Waals surface area contributed by atoms with Gasteiger partial charge < -0.3 is 9.47 Å². The Bertz CT molecular complexity index is 817. The molecule has 0 bridgehead atoms. The molecule has 3 fully saturated rings. The highest BCUT2D eigenvalue weighted by Crippen LogP contribution is 2.49. The first kappa shape index (κ1) is 17.0. The second-order valence-corrected chi connectivity index (χ2v) is 8.43. The largest absolute Gasteiger partial charge is 0.338 e. The number of aromatic nitrogens is 2. The van der Waals surface area contributed by atoms with E-state index in [0.717, 1.165) is 38.9 Å². The van der Waals surface area contributed by atoms with Crippen LogP contribution in [-0.4, -0.2) is 50.4 Å². The number of piperidine rings is 1. The van der Waals surface area contributed by atoms with Crippen LogP contribution in [0, 0.1) is 5.92 Å². The number of amides is 1. The van der Waals surface area contributed by atoms with Crippen molar-refractivity contribution in [2.24, 2.45) is 13.0 Å². The lowest BCUT2D eigenvalue weighted by Crippen LogP contribution is -2.52. The Morgan fingerprint density at radius 1 is 1.15 bits per heavy atom. The number of benzene rings is 1. The maximum atomic E-state index is 13.3. The fourth-order valence-electron chi connectivity index (χ4n) is 5.30. The van der Waals surface area contributed by atoms with Crippen molar-refractivity contribution in [3.8, 4) is 0 Å². The van der Waals surface area contributed by atoms with Gasteiger partial charge in [-0.2, -0.15) is 0 Å². The molecule has 5 heteroatoms. The molecule has 5 rings (SSSR count). The molecule has 1 aromatic carbocycles. The lowest BCUT2D eigenvalue weighted by molar-refractivity contribution is -0.137. The molecule has 1 aromatic heterocycles. The summed E-state index contributed by atoms with van der Waals surface area (Å²) in [5.74, 6) is 0.923. The van der Waals surface area contributed by atoms with Gasteiger partial charge in [0.1, 0.15) is 0 Å². The second-order valence-electron chi connectivity index (χ2n) is 8.43. The van der Waals surface area contributed by atoms with Crippen molar-refractivity contribution in [1.82, 2.24) is 19.4 Å². The maximum absolute atomic E-state index is 13.3. The van der Waals surface area contributed by atoms with Crippen molar-refractivity contribution < 1.29 is 4.79 Å². The maximum Gasteiger partial charge on any atom is 0.226 e. The number of imidazole rings is 1. The molecule has 0 radical (unpaired) electrons. The summed E-state index contributed by atoms with van der Waals surface area (Å²) in [5, 5.41) is 0. The lowest BCUT2D eigenvalue weighted by Gasteiger charge is -2.40. The summed E-state index contributed by atoms with van der Waals surface area (Å²) in [4.78, 5) is 22.3. The van der Waals surface area contributed by atoms with E-state index in [0.29, 0.717) is 23.9 Å².